The second-order valence-electron chi connectivity index (χ2n) is 1.23. The number of hydrogen-bond donors (Lipinski definition) is 0. The number of rotatable bonds is 2. The molecule has 0 N–H and O–H groups in total. The van der Waals surface area contributed by atoms with Gasteiger partial charge in [-0.15, -0.1) is 11.8 Å². The summed E-state index contributed by atoms with van der Waals surface area (Å²) < 4.78 is 0. The predicted octanol–water partition coefficient (Wildman–Crippen LogP) is 1.65. The summed E-state index contributed by atoms with van der Waals surface area (Å²) in [5.41, 5.74) is 0. The van der Waals surface area contributed by atoms with Crippen molar-refractivity contribution >= 4 is 11.8 Å². The first-order chi connectivity index (χ1) is 3.31. The van der Waals surface area contributed by atoms with Crippen LogP contribution in [0.25, 0.3) is 0 Å². The Kier molecular flexibility index (Phi) is 3.92. The van der Waals surface area contributed by atoms with E-state index in [0.29, 0.717) is 0 Å². The van der Waals surface area contributed by atoms with Gasteiger partial charge in [0.15, 0.2) is 0 Å². The van der Waals surface area contributed by atoms with Gasteiger partial charge in [-0.3, -0.25) is 0 Å². The van der Waals surface area contributed by atoms with Gasteiger partial charge in [0.05, 0.1) is 11.3 Å². The Labute approximate surface area is 48.7 Å². The first-order valence-corrected chi connectivity index (χ1v) is 3.37. The van der Waals surface area contributed by atoms with Gasteiger partial charge in [0.2, 0.25) is 0 Å². The quantitative estimate of drug-likeness (QED) is 0.546. The van der Waals surface area contributed by atoms with Crippen LogP contribution in [0.1, 0.15) is 13.8 Å². The predicted molar refractivity (Wildman–Crippen MR) is 33.2 cm³/mol. The van der Waals surface area contributed by atoms with Crippen LogP contribution >= 0.6 is 11.8 Å². The molecule has 1 nitrogen and oxygen atoms in total. The number of thioether (sulfide) groups is 1. The van der Waals surface area contributed by atoms with Crippen LogP contribution in [0, 0.1) is 11.3 Å². The Hall–Kier alpha value is -0.160. The van der Waals surface area contributed by atoms with Crippen molar-refractivity contribution < 1.29 is 0 Å². The summed E-state index contributed by atoms with van der Waals surface area (Å²) in [5.74, 6) is 1.04. The maximum atomic E-state index is 8.20. The molecule has 0 aliphatic rings. The van der Waals surface area contributed by atoms with E-state index in [9.17, 15) is 0 Å². The van der Waals surface area contributed by atoms with E-state index in [-0.39, 0.29) is 5.25 Å². The van der Waals surface area contributed by atoms with Gasteiger partial charge in [0.25, 0.3) is 0 Å². The SMILES string of the molecule is CCS[C@@H](C)C#N. The first kappa shape index (κ1) is 6.84. The lowest BCUT2D eigenvalue weighted by atomic mass is 10.5. The molecule has 0 unspecified atom stereocenters. The topological polar surface area (TPSA) is 23.8 Å². The second-order valence-corrected chi connectivity index (χ2v) is 2.84. The van der Waals surface area contributed by atoms with Crippen LogP contribution in [0.2, 0.25) is 0 Å². The largest absolute Gasteiger partial charge is 0.197 e. The maximum absolute atomic E-state index is 8.20. The minimum atomic E-state index is 0.171. The standard InChI is InChI=1S/C5H9NS/c1-3-7-5(2)4-6/h5H,3H2,1-2H3/t5-/m0/s1. The number of hydrogen-bond acceptors (Lipinski definition) is 2. The van der Waals surface area contributed by atoms with Crippen molar-refractivity contribution in [2.24, 2.45) is 0 Å². The molecule has 0 aliphatic carbocycles. The zero-order valence-electron chi connectivity index (χ0n) is 4.64. The highest BCUT2D eigenvalue weighted by atomic mass is 32.2. The molecule has 0 saturated heterocycles. The summed E-state index contributed by atoms with van der Waals surface area (Å²) >= 11 is 1.67. The number of nitriles is 1. The van der Waals surface area contributed by atoms with E-state index in [1.54, 1.807) is 11.8 Å². The second kappa shape index (κ2) is 4.01. The fourth-order valence-electron chi connectivity index (χ4n) is 0.287. The fourth-order valence-corrected chi connectivity index (χ4v) is 0.862. The van der Waals surface area contributed by atoms with Gasteiger partial charge >= 0.3 is 0 Å². The molecule has 0 amide bonds. The van der Waals surface area contributed by atoms with Crippen molar-refractivity contribution in [1.29, 1.82) is 5.26 Å². The zero-order valence-corrected chi connectivity index (χ0v) is 5.46. The van der Waals surface area contributed by atoms with Crippen molar-refractivity contribution in [3.8, 4) is 6.07 Å². The average Bonchev–Trinajstić information content (AvgIpc) is 1.68. The van der Waals surface area contributed by atoms with E-state index in [0.717, 1.165) is 5.75 Å². The zero-order chi connectivity index (χ0) is 5.70. The van der Waals surface area contributed by atoms with E-state index in [4.69, 9.17) is 5.26 Å². The lowest BCUT2D eigenvalue weighted by molar-refractivity contribution is 1.24. The maximum Gasteiger partial charge on any atom is 0.0888 e. The van der Waals surface area contributed by atoms with Gasteiger partial charge in [-0.2, -0.15) is 5.26 Å². The van der Waals surface area contributed by atoms with Crippen molar-refractivity contribution in [3.05, 3.63) is 0 Å². The summed E-state index contributed by atoms with van der Waals surface area (Å²) in [4.78, 5) is 0. The molecule has 0 aromatic heterocycles. The Morgan fingerprint density at radius 1 is 1.86 bits per heavy atom. The molecule has 1 atom stereocenters. The molecular formula is C5H9NS. The average molecular weight is 115 g/mol. The Balaban J connectivity index is 3.04. The lowest BCUT2D eigenvalue weighted by Crippen LogP contribution is -1.88. The molecule has 0 fully saturated rings. The minimum Gasteiger partial charge on any atom is -0.197 e. The molecule has 0 aromatic carbocycles. The summed E-state index contributed by atoms with van der Waals surface area (Å²) in [6, 6.07) is 2.13. The van der Waals surface area contributed by atoms with Crippen LogP contribution in [-0.4, -0.2) is 11.0 Å². The third-order valence-electron chi connectivity index (χ3n) is 0.598. The molecule has 0 heterocycles. The summed E-state index contributed by atoms with van der Waals surface area (Å²) in [6.07, 6.45) is 0. The summed E-state index contributed by atoms with van der Waals surface area (Å²) in [7, 11) is 0. The molecule has 0 radical (unpaired) electrons. The Morgan fingerprint density at radius 2 is 2.43 bits per heavy atom. The van der Waals surface area contributed by atoms with Gasteiger partial charge in [0.1, 0.15) is 0 Å². The van der Waals surface area contributed by atoms with E-state index in [1.807, 2.05) is 6.92 Å². The Bertz CT molecular complexity index is 74.6. The molecule has 7 heavy (non-hydrogen) atoms. The molecule has 0 bridgehead atoms. The van der Waals surface area contributed by atoms with E-state index in [2.05, 4.69) is 13.0 Å². The summed E-state index contributed by atoms with van der Waals surface area (Å²) in [5, 5.41) is 8.37. The normalized spacial score (nSPS) is 12.7. The third kappa shape index (κ3) is 3.68. The minimum absolute atomic E-state index is 0.171. The molecular weight excluding hydrogens is 106 g/mol. The number of nitrogens with zero attached hydrogens (tertiary/aromatic N) is 1. The highest BCUT2D eigenvalue weighted by molar-refractivity contribution is 8.00. The molecule has 0 saturated carbocycles. The first-order valence-electron chi connectivity index (χ1n) is 2.32. The lowest BCUT2D eigenvalue weighted by Gasteiger charge is -1.93. The van der Waals surface area contributed by atoms with Crippen molar-refractivity contribution in [2.75, 3.05) is 5.75 Å². The van der Waals surface area contributed by atoms with Crippen LogP contribution < -0.4 is 0 Å². The molecule has 0 aromatic rings. The van der Waals surface area contributed by atoms with Crippen LogP contribution in [0.4, 0.5) is 0 Å². The van der Waals surface area contributed by atoms with E-state index < -0.39 is 0 Å². The third-order valence-corrected chi connectivity index (χ3v) is 1.54. The van der Waals surface area contributed by atoms with Crippen LogP contribution in [0.3, 0.4) is 0 Å². The van der Waals surface area contributed by atoms with Crippen LogP contribution in [0.15, 0.2) is 0 Å². The molecule has 40 valence electrons. The highest BCUT2D eigenvalue weighted by Gasteiger charge is 1.93. The van der Waals surface area contributed by atoms with Crippen LogP contribution in [0.5, 0.6) is 0 Å². The van der Waals surface area contributed by atoms with E-state index >= 15 is 0 Å². The van der Waals surface area contributed by atoms with Crippen molar-refractivity contribution in [1.82, 2.24) is 0 Å². The molecule has 0 rings (SSSR count). The van der Waals surface area contributed by atoms with Crippen LogP contribution in [-0.2, 0) is 0 Å². The van der Waals surface area contributed by atoms with Crippen molar-refractivity contribution in [2.45, 2.75) is 19.1 Å². The van der Waals surface area contributed by atoms with Gasteiger partial charge in [-0.25, -0.2) is 0 Å². The molecule has 0 spiro atoms. The van der Waals surface area contributed by atoms with Gasteiger partial charge < -0.3 is 0 Å². The molecule has 0 aliphatic heterocycles. The Morgan fingerprint density at radius 3 is 2.57 bits per heavy atom. The van der Waals surface area contributed by atoms with E-state index in [1.165, 1.54) is 0 Å². The smallest absolute Gasteiger partial charge is 0.0888 e. The summed E-state index contributed by atoms with van der Waals surface area (Å²) in [6.45, 7) is 3.96. The molecule has 2 heteroatoms. The monoisotopic (exact) mass is 115 g/mol. The highest BCUT2D eigenvalue weighted by Crippen LogP contribution is 2.06. The van der Waals surface area contributed by atoms with Gasteiger partial charge in [-0.1, -0.05) is 6.92 Å². The fraction of sp³-hybridized carbons (Fsp3) is 0.800. The van der Waals surface area contributed by atoms with Gasteiger partial charge in [-0.05, 0) is 12.7 Å². The van der Waals surface area contributed by atoms with Gasteiger partial charge in [0, 0.05) is 0 Å². The van der Waals surface area contributed by atoms with Crippen molar-refractivity contribution in [3.63, 3.8) is 0 Å².